The van der Waals surface area contributed by atoms with Gasteiger partial charge >= 0.3 is 6.09 Å². The summed E-state index contributed by atoms with van der Waals surface area (Å²) in [5.74, 6) is 0. The van der Waals surface area contributed by atoms with E-state index in [1.54, 1.807) is 12.3 Å². The highest BCUT2D eigenvalue weighted by Crippen LogP contribution is 2.36. The first kappa shape index (κ1) is 23.1. The number of hydrogen-bond acceptors (Lipinski definition) is 3. The Morgan fingerprint density at radius 3 is 2.21 bits per heavy atom. The highest BCUT2D eigenvalue weighted by molar-refractivity contribution is 6.76. The van der Waals surface area contributed by atoms with E-state index in [4.69, 9.17) is 9.16 Å². The highest BCUT2D eigenvalue weighted by atomic mass is 28.4. The molecule has 0 aliphatic heterocycles. The molecule has 0 aromatic rings. The predicted molar refractivity (Wildman–Crippen MR) is 109 cm³/mol. The second kappa shape index (κ2) is 10.2. The van der Waals surface area contributed by atoms with Gasteiger partial charge in [0.2, 0.25) is 0 Å². The standard InChI is InChI=1S/C18H37NO3Si2/c1-18(2,3)24(7,8)22-14-12-10-9-11-13-19-17(20)21-15-16-23(4,5)6/h9-11,13H,12,14-16H2,1-8H3,(H,19,20)/b10-9-,13-11-. The minimum Gasteiger partial charge on any atom is -0.450 e. The van der Waals surface area contributed by atoms with Crippen LogP contribution in [0.5, 0.6) is 0 Å². The van der Waals surface area contributed by atoms with Crippen molar-refractivity contribution in [2.24, 2.45) is 0 Å². The number of hydrogen-bond donors (Lipinski definition) is 1. The molecule has 0 spiro atoms. The van der Waals surface area contributed by atoms with Gasteiger partial charge in [-0.2, -0.15) is 0 Å². The number of alkyl carbamates (subject to hydrolysis) is 1. The molecule has 4 nitrogen and oxygen atoms in total. The third-order valence-electron chi connectivity index (χ3n) is 4.18. The molecule has 140 valence electrons. The van der Waals surface area contributed by atoms with Crippen molar-refractivity contribution in [3.63, 3.8) is 0 Å². The monoisotopic (exact) mass is 371 g/mol. The van der Waals surface area contributed by atoms with Crippen LogP contribution in [0, 0.1) is 0 Å². The van der Waals surface area contributed by atoms with E-state index in [1.807, 2.05) is 12.2 Å². The van der Waals surface area contributed by atoms with Crippen molar-refractivity contribution >= 4 is 22.5 Å². The topological polar surface area (TPSA) is 47.6 Å². The molecule has 0 atom stereocenters. The normalized spacial score (nSPS) is 13.7. The minimum absolute atomic E-state index is 0.246. The van der Waals surface area contributed by atoms with Crippen LogP contribution >= 0.6 is 0 Å². The van der Waals surface area contributed by atoms with Gasteiger partial charge in [0.25, 0.3) is 0 Å². The molecule has 0 aliphatic carbocycles. The van der Waals surface area contributed by atoms with Gasteiger partial charge in [-0.1, -0.05) is 52.6 Å². The lowest BCUT2D eigenvalue weighted by atomic mass is 10.2. The molecule has 0 fully saturated rings. The molecular formula is C18H37NO3Si2. The second-order valence-corrected chi connectivity index (χ2v) is 19.2. The molecule has 0 saturated carbocycles. The van der Waals surface area contributed by atoms with Gasteiger partial charge < -0.3 is 9.16 Å². The fourth-order valence-electron chi connectivity index (χ4n) is 1.44. The fourth-order valence-corrected chi connectivity index (χ4v) is 3.21. The number of allylic oxidation sites excluding steroid dienone is 2. The summed E-state index contributed by atoms with van der Waals surface area (Å²) in [6.45, 7) is 19.3. The van der Waals surface area contributed by atoms with Crippen LogP contribution in [-0.4, -0.2) is 35.7 Å². The van der Waals surface area contributed by atoms with E-state index in [0.717, 1.165) is 19.1 Å². The summed E-state index contributed by atoms with van der Waals surface area (Å²) < 4.78 is 11.2. The van der Waals surface area contributed by atoms with E-state index in [0.29, 0.717) is 6.61 Å². The van der Waals surface area contributed by atoms with Crippen molar-refractivity contribution in [3.05, 3.63) is 24.4 Å². The van der Waals surface area contributed by atoms with Crippen LogP contribution in [0.3, 0.4) is 0 Å². The maximum atomic E-state index is 11.5. The summed E-state index contributed by atoms with van der Waals surface area (Å²) in [6, 6.07) is 0.984. The number of carbonyl (C=O) groups is 1. The smallest absolute Gasteiger partial charge is 0.411 e. The molecule has 0 bridgehead atoms. The largest absolute Gasteiger partial charge is 0.450 e. The Balaban J connectivity index is 3.85. The van der Waals surface area contributed by atoms with E-state index in [-0.39, 0.29) is 11.1 Å². The highest BCUT2D eigenvalue weighted by Gasteiger charge is 2.36. The molecule has 0 aromatic carbocycles. The van der Waals surface area contributed by atoms with Crippen molar-refractivity contribution in [3.8, 4) is 0 Å². The number of amides is 1. The van der Waals surface area contributed by atoms with E-state index in [9.17, 15) is 4.79 Å². The molecule has 0 aromatic heterocycles. The summed E-state index contributed by atoms with van der Waals surface area (Å²) in [5.41, 5.74) is 0. The lowest BCUT2D eigenvalue weighted by Crippen LogP contribution is -2.40. The van der Waals surface area contributed by atoms with Gasteiger partial charge in [0.1, 0.15) is 0 Å². The minimum atomic E-state index is -1.64. The average Bonchev–Trinajstić information content (AvgIpc) is 2.38. The Hall–Kier alpha value is -0.856. The molecule has 0 unspecified atom stereocenters. The van der Waals surface area contributed by atoms with Crippen molar-refractivity contribution in [2.45, 2.75) is 71.0 Å². The van der Waals surface area contributed by atoms with Gasteiger partial charge in [-0.25, -0.2) is 4.79 Å². The zero-order valence-corrected chi connectivity index (χ0v) is 18.9. The van der Waals surface area contributed by atoms with E-state index in [2.05, 4.69) is 58.8 Å². The van der Waals surface area contributed by atoms with Crippen LogP contribution < -0.4 is 5.32 Å². The summed E-state index contributed by atoms with van der Waals surface area (Å²) in [4.78, 5) is 11.5. The summed E-state index contributed by atoms with van der Waals surface area (Å²) in [5, 5.41) is 2.85. The van der Waals surface area contributed by atoms with Gasteiger partial charge in [0, 0.05) is 20.9 Å². The Morgan fingerprint density at radius 1 is 1.04 bits per heavy atom. The first-order valence-electron chi connectivity index (χ1n) is 8.74. The molecule has 0 heterocycles. The Morgan fingerprint density at radius 2 is 1.67 bits per heavy atom. The first-order valence-corrected chi connectivity index (χ1v) is 15.4. The quantitative estimate of drug-likeness (QED) is 0.329. The third kappa shape index (κ3) is 11.6. The molecular weight excluding hydrogens is 334 g/mol. The van der Waals surface area contributed by atoms with Crippen molar-refractivity contribution in [1.82, 2.24) is 5.32 Å². The lowest BCUT2D eigenvalue weighted by Gasteiger charge is -2.36. The van der Waals surface area contributed by atoms with Crippen LogP contribution in [0.25, 0.3) is 0 Å². The van der Waals surface area contributed by atoms with Crippen molar-refractivity contribution in [2.75, 3.05) is 13.2 Å². The van der Waals surface area contributed by atoms with Crippen molar-refractivity contribution in [1.29, 1.82) is 0 Å². The lowest BCUT2D eigenvalue weighted by molar-refractivity contribution is 0.156. The van der Waals surface area contributed by atoms with Crippen LogP contribution in [0.1, 0.15) is 27.2 Å². The average molecular weight is 372 g/mol. The predicted octanol–water partition coefficient (Wildman–Crippen LogP) is 5.53. The molecule has 0 rings (SSSR count). The van der Waals surface area contributed by atoms with E-state index >= 15 is 0 Å². The van der Waals surface area contributed by atoms with E-state index in [1.165, 1.54) is 0 Å². The fraction of sp³-hybridized carbons (Fsp3) is 0.722. The van der Waals surface area contributed by atoms with Gasteiger partial charge in [-0.15, -0.1) is 0 Å². The number of nitrogens with one attached hydrogen (secondary N) is 1. The maximum absolute atomic E-state index is 11.5. The zero-order chi connectivity index (χ0) is 18.9. The Bertz CT molecular complexity index is 433. The van der Waals surface area contributed by atoms with Crippen LogP contribution in [-0.2, 0) is 9.16 Å². The number of rotatable bonds is 9. The summed E-state index contributed by atoms with van der Waals surface area (Å²) in [7, 11) is -2.79. The first-order chi connectivity index (χ1) is 10.9. The van der Waals surface area contributed by atoms with Crippen LogP contribution in [0.2, 0.25) is 43.8 Å². The Kier molecular flexibility index (Phi) is 9.84. The molecule has 24 heavy (non-hydrogen) atoms. The van der Waals surface area contributed by atoms with Gasteiger partial charge in [0.05, 0.1) is 6.61 Å². The SMILES string of the molecule is CC(C)(C)[Si](C)(C)OCC/C=C\C=C/NC(=O)OCC[Si](C)(C)C. The van der Waals surface area contributed by atoms with Crippen LogP contribution in [0.4, 0.5) is 4.79 Å². The summed E-state index contributed by atoms with van der Waals surface area (Å²) in [6.07, 6.45) is 7.84. The van der Waals surface area contributed by atoms with Gasteiger partial charge in [0.15, 0.2) is 8.32 Å². The molecule has 1 amide bonds. The number of ether oxygens (including phenoxy) is 1. The number of carbonyl (C=O) groups excluding carboxylic acids is 1. The molecule has 0 aliphatic rings. The zero-order valence-electron chi connectivity index (χ0n) is 16.9. The van der Waals surface area contributed by atoms with Gasteiger partial charge in [-0.3, -0.25) is 5.32 Å². The molecule has 0 radical (unpaired) electrons. The van der Waals surface area contributed by atoms with Crippen molar-refractivity contribution < 1.29 is 14.0 Å². The molecule has 0 saturated heterocycles. The van der Waals surface area contributed by atoms with E-state index < -0.39 is 16.4 Å². The molecule has 1 N–H and O–H groups in total. The van der Waals surface area contributed by atoms with Gasteiger partial charge in [-0.05, 0) is 36.7 Å². The maximum Gasteiger partial charge on any atom is 0.411 e. The van der Waals surface area contributed by atoms with Crippen LogP contribution in [0.15, 0.2) is 24.4 Å². The second-order valence-electron chi connectivity index (χ2n) is 8.78. The molecule has 6 heteroatoms. The third-order valence-corrected chi connectivity index (χ3v) is 10.4. The Labute approximate surface area is 150 Å². The summed E-state index contributed by atoms with van der Waals surface area (Å²) >= 11 is 0.